The number of nitrogens with one attached hydrogen (secondary N) is 1. The quantitative estimate of drug-likeness (QED) is 0.643. The highest BCUT2D eigenvalue weighted by molar-refractivity contribution is 5.86. The lowest BCUT2D eigenvalue weighted by Gasteiger charge is -2.32. The Balaban J connectivity index is 1.62. The summed E-state index contributed by atoms with van der Waals surface area (Å²) in [7, 11) is 0. The summed E-state index contributed by atoms with van der Waals surface area (Å²) < 4.78 is 11.6. The molecule has 0 radical (unpaired) electrons. The highest BCUT2D eigenvalue weighted by Crippen LogP contribution is 2.36. The normalized spacial score (nSPS) is 15.9. The zero-order chi connectivity index (χ0) is 21.5. The minimum absolute atomic E-state index is 0.0120. The highest BCUT2D eigenvalue weighted by atomic mass is 16.5. The molecule has 5 nitrogen and oxygen atoms in total. The van der Waals surface area contributed by atoms with E-state index in [1.54, 1.807) is 6.07 Å². The first kappa shape index (κ1) is 20.2. The number of amides is 1. The van der Waals surface area contributed by atoms with Crippen LogP contribution in [-0.4, -0.2) is 11.5 Å². The van der Waals surface area contributed by atoms with E-state index in [4.69, 9.17) is 9.15 Å². The van der Waals surface area contributed by atoms with E-state index in [2.05, 4.69) is 19.2 Å². The summed E-state index contributed by atoms with van der Waals surface area (Å²) in [6.45, 7) is 7.92. The van der Waals surface area contributed by atoms with E-state index >= 15 is 0 Å². The van der Waals surface area contributed by atoms with Crippen LogP contribution >= 0.6 is 0 Å². The van der Waals surface area contributed by atoms with Crippen molar-refractivity contribution in [3.05, 3.63) is 75.1 Å². The van der Waals surface area contributed by atoms with Crippen LogP contribution in [0.15, 0.2) is 51.7 Å². The number of rotatable bonds is 4. The van der Waals surface area contributed by atoms with E-state index in [0.29, 0.717) is 11.1 Å². The Kier molecular flexibility index (Phi) is 5.14. The van der Waals surface area contributed by atoms with Gasteiger partial charge in [0, 0.05) is 11.5 Å². The predicted octanol–water partition coefficient (Wildman–Crippen LogP) is 4.62. The lowest BCUT2D eigenvalue weighted by atomic mass is 9.92. The van der Waals surface area contributed by atoms with Gasteiger partial charge in [-0.3, -0.25) is 4.79 Å². The molecular formula is C25H27NO4. The molecule has 1 amide bonds. The second kappa shape index (κ2) is 7.63. The molecule has 3 aromatic rings. The molecular weight excluding hydrogens is 378 g/mol. The number of hydrogen-bond donors (Lipinski definition) is 1. The van der Waals surface area contributed by atoms with Gasteiger partial charge < -0.3 is 14.5 Å². The second-order valence-corrected chi connectivity index (χ2v) is 8.69. The maximum absolute atomic E-state index is 12.7. The van der Waals surface area contributed by atoms with Gasteiger partial charge in [-0.15, -0.1) is 0 Å². The fourth-order valence-corrected chi connectivity index (χ4v) is 4.02. The van der Waals surface area contributed by atoms with Crippen molar-refractivity contribution in [1.29, 1.82) is 0 Å². The number of hydrogen-bond acceptors (Lipinski definition) is 4. The summed E-state index contributed by atoms with van der Waals surface area (Å²) in [5.74, 6) is 0.563. The molecule has 2 heterocycles. The molecule has 1 aromatic heterocycles. The first-order valence-corrected chi connectivity index (χ1v) is 10.4. The van der Waals surface area contributed by atoms with Crippen molar-refractivity contribution in [2.45, 2.75) is 58.6 Å². The van der Waals surface area contributed by atoms with Crippen molar-refractivity contribution in [3.8, 4) is 5.75 Å². The Labute approximate surface area is 176 Å². The van der Waals surface area contributed by atoms with Crippen LogP contribution in [0.4, 0.5) is 0 Å². The Morgan fingerprint density at radius 2 is 1.93 bits per heavy atom. The molecule has 1 atom stereocenters. The maximum Gasteiger partial charge on any atom is 0.340 e. The summed E-state index contributed by atoms with van der Waals surface area (Å²) in [6, 6.07) is 13.4. The molecule has 0 spiro atoms. The number of fused-ring (bicyclic) bond motifs is 2. The number of benzene rings is 2. The zero-order valence-electron chi connectivity index (χ0n) is 17.9. The summed E-state index contributed by atoms with van der Waals surface area (Å²) in [5.41, 5.74) is 3.10. The minimum atomic E-state index is -0.475. The van der Waals surface area contributed by atoms with Crippen LogP contribution in [0.3, 0.4) is 0 Å². The molecule has 1 aliphatic rings. The highest BCUT2D eigenvalue weighted by Gasteiger charge is 2.28. The van der Waals surface area contributed by atoms with Gasteiger partial charge in [-0.1, -0.05) is 30.3 Å². The molecule has 1 unspecified atom stereocenters. The molecule has 30 heavy (non-hydrogen) atoms. The first-order chi connectivity index (χ1) is 14.2. The molecule has 1 N–H and O–H groups in total. The lowest BCUT2D eigenvalue weighted by Crippen LogP contribution is -2.32. The van der Waals surface area contributed by atoms with Crippen molar-refractivity contribution < 1.29 is 13.9 Å². The fourth-order valence-electron chi connectivity index (χ4n) is 4.02. The van der Waals surface area contributed by atoms with Crippen LogP contribution in [0, 0.1) is 6.92 Å². The van der Waals surface area contributed by atoms with Gasteiger partial charge in [0.25, 0.3) is 0 Å². The zero-order valence-corrected chi connectivity index (χ0v) is 17.9. The Morgan fingerprint density at radius 3 is 2.67 bits per heavy atom. The molecule has 4 rings (SSSR count). The Bertz CT molecular complexity index is 1160. The molecule has 156 valence electrons. The third-order valence-electron chi connectivity index (χ3n) is 5.87. The smallest absolute Gasteiger partial charge is 0.340 e. The predicted molar refractivity (Wildman–Crippen MR) is 117 cm³/mol. The van der Waals surface area contributed by atoms with E-state index in [9.17, 15) is 9.59 Å². The van der Waals surface area contributed by atoms with Crippen LogP contribution in [0.25, 0.3) is 11.0 Å². The van der Waals surface area contributed by atoms with Gasteiger partial charge in [0.15, 0.2) is 0 Å². The van der Waals surface area contributed by atoms with E-state index in [1.165, 1.54) is 0 Å². The van der Waals surface area contributed by atoms with Crippen LogP contribution in [0.1, 0.15) is 55.5 Å². The van der Waals surface area contributed by atoms with Crippen LogP contribution in [0.2, 0.25) is 0 Å². The summed E-state index contributed by atoms with van der Waals surface area (Å²) >= 11 is 0. The number of carbonyl (C=O) groups excluding carboxylic acids is 1. The van der Waals surface area contributed by atoms with E-state index in [-0.39, 0.29) is 24.0 Å². The standard InChI is InChI=1S/C25H27NO4/c1-15-19-12-18-10-11-25(3,4)30-21(18)14-22(19)29-24(28)20(15)13-23(27)26-16(2)17-8-6-5-7-9-17/h5-9,12,14,16H,10-11,13H2,1-4H3,(H,26,27). The van der Waals surface area contributed by atoms with Gasteiger partial charge in [0.1, 0.15) is 16.9 Å². The number of carbonyl (C=O) groups is 1. The van der Waals surface area contributed by atoms with Gasteiger partial charge in [0.05, 0.1) is 18.0 Å². The van der Waals surface area contributed by atoms with Gasteiger partial charge >= 0.3 is 5.63 Å². The van der Waals surface area contributed by atoms with E-state index in [1.807, 2.05) is 50.2 Å². The molecule has 0 aliphatic carbocycles. The molecule has 1 aliphatic heterocycles. The van der Waals surface area contributed by atoms with Crippen molar-refractivity contribution in [1.82, 2.24) is 5.32 Å². The molecule has 0 saturated carbocycles. The van der Waals surface area contributed by atoms with Gasteiger partial charge in [-0.2, -0.15) is 0 Å². The monoisotopic (exact) mass is 405 g/mol. The molecule has 0 bridgehead atoms. The topological polar surface area (TPSA) is 68.5 Å². The van der Waals surface area contributed by atoms with E-state index in [0.717, 1.165) is 40.7 Å². The van der Waals surface area contributed by atoms with Gasteiger partial charge in [-0.05, 0) is 63.3 Å². The molecule has 0 fully saturated rings. The van der Waals surface area contributed by atoms with Crippen molar-refractivity contribution in [3.63, 3.8) is 0 Å². The second-order valence-electron chi connectivity index (χ2n) is 8.69. The van der Waals surface area contributed by atoms with Gasteiger partial charge in [-0.25, -0.2) is 4.79 Å². The van der Waals surface area contributed by atoms with Crippen molar-refractivity contribution in [2.24, 2.45) is 0 Å². The third kappa shape index (κ3) is 3.97. The van der Waals surface area contributed by atoms with Crippen LogP contribution < -0.4 is 15.7 Å². The fraction of sp³-hybridized carbons (Fsp3) is 0.360. The average Bonchev–Trinajstić information content (AvgIpc) is 2.70. The van der Waals surface area contributed by atoms with Crippen LogP contribution in [-0.2, 0) is 17.6 Å². The van der Waals surface area contributed by atoms with Crippen molar-refractivity contribution >= 4 is 16.9 Å². The Hall–Kier alpha value is -3.08. The average molecular weight is 405 g/mol. The van der Waals surface area contributed by atoms with Crippen LogP contribution in [0.5, 0.6) is 5.75 Å². The molecule has 0 saturated heterocycles. The van der Waals surface area contributed by atoms with Crippen molar-refractivity contribution in [2.75, 3.05) is 0 Å². The molecule has 5 heteroatoms. The molecule has 2 aromatic carbocycles. The summed E-state index contributed by atoms with van der Waals surface area (Å²) in [4.78, 5) is 25.3. The summed E-state index contributed by atoms with van der Waals surface area (Å²) in [6.07, 6.45) is 1.82. The number of aryl methyl sites for hydroxylation is 2. The summed E-state index contributed by atoms with van der Waals surface area (Å²) in [5, 5.41) is 3.82. The van der Waals surface area contributed by atoms with E-state index < -0.39 is 5.63 Å². The lowest BCUT2D eigenvalue weighted by molar-refractivity contribution is -0.121. The number of ether oxygens (including phenoxy) is 1. The largest absolute Gasteiger partial charge is 0.487 e. The van der Waals surface area contributed by atoms with Gasteiger partial charge in [0.2, 0.25) is 5.91 Å². The minimum Gasteiger partial charge on any atom is -0.487 e. The SMILES string of the molecule is Cc1c(CC(=O)NC(C)c2ccccc2)c(=O)oc2cc3c(cc12)CCC(C)(C)O3. The first-order valence-electron chi connectivity index (χ1n) is 10.4. The Morgan fingerprint density at radius 1 is 1.20 bits per heavy atom. The maximum atomic E-state index is 12.7. The third-order valence-corrected chi connectivity index (χ3v) is 5.87.